The van der Waals surface area contributed by atoms with Gasteiger partial charge in [-0.3, -0.25) is 4.21 Å². The molecule has 0 bridgehead atoms. The van der Waals surface area contributed by atoms with Gasteiger partial charge in [0.05, 0.1) is 21.6 Å². The van der Waals surface area contributed by atoms with Crippen LogP contribution in [0.3, 0.4) is 0 Å². The van der Waals surface area contributed by atoms with Crippen molar-refractivity contribution >= 4 is 28.1 Å². The quantitative estimate of drug-likeness (QED) is 0.878. The molecule has 0 aromatic heterocycles. The van der Waals surface area contributed by atoms with Crippen molar-refractivity contribution in [1.82, 2.24) is 0 Å². The average Bonchev–Trinajstić information content (AvgIpc) is 2.32. The third-order valence-corrected chi connectivity index (χ3v) is 4.07. The van der Waals surface area contributed by atoms with E-state index in [0.29, 0.717) is 16.3 Å². The van der Waals surface area contributed by atoms with Crippen molar-refractivity contribution in [3.05, 3.63) is 58.9 Å². The maximum absolute atomic E-state index is 13.0. The Morgan fingerprint density at radius 3 is 2.67 bits per heavy atom. The molecule has 0 aliphatic heterocycles. The molecular formula is C13H11ClFNOS. The van der Waals surface area contributed by atoms with Gasteiger partial charge in [0.15, 0.2) is 0 Å². The Kier molecular flexibility index (Phi) is 3.99. The number of hydrogen-bond donors (Lipinski definition) is 1. The zero-order chi connectivity index (χ0) is 13.1. The number of anilines is 1. The van der Waals surface area contributed by atoms with Crippen LogP contribution in [0.1, 0.15) is 5.56 Å². The Morgan fingerprint density at radius 1 is 1.22 bits per heavy atom. The fourth-order valence-electron chi connectivity index (χ4n) is 1.54. The van der Waals surface area contributed by atoms with Crippen LogP contribution in [0, 0.1) is 5.82 Å². The Labute approximate surface area is 112 Å². The molecule has 2 rings (SSSR count). The molecule has 5 heteroatoms. The molecule has 0 saturated heterocycles. The van der Waals surface area contributed by atoms with Gasteiger partial charge in [0.2, 0.25) is 0 Å². The summed E-state index contributed by atoms with van der Waals surface area (Å²) in [5, 5.41) is -0.0200. The van der Waals surface area contributed by atoms with Gasteiger partial charge < -0.3 is 5.73 Å². The second-order valence-corrected chi connectivity index (χ2v) is 5.67. The Morgan fingerprint density at radius 2 is 2.00 bits per heavy atom. The minimum atomic E-state index is -1.27. The van der Waals surface area contributed by atoms with E-state index in [1.54, 1.807) is 18.2 Å². The maximum atomic E-state index is 13.0. The zero-order valence-electron chi connectivity index (χ0n) is 9.40. The first kappa shape index (κ1) is 13.1. The summed E-state index contributed by atoms with van der Waals surface area (Å²) in [5.74, 6) is -0.186. The molecule has 18 heavy (non-hydrogen) atoms. The monoisotopic (exact) mass is 283 g/mol. The molecule has 94 valence electrons. The maximum Gasteiger partial charge on any atom is 0.141 e. The molecule has 2 aromatic carbocycles. The molecule has 0 aliphatic carbocycles. The molecule has 2 nitrogen and oxygen atoms in total. The van der Waals surface area contributed by atoms with Gasteiger partial charge in [-0.15, -0.1) is 0 Å². The molecule has 2 N–H and O–H groups in total. The number of benzene rings is 2. The third-order valence-electron chi connectivity index (χ3n) is 2.40. The number of nitrogen functional groups attached to an aromatic ring is 1. The smallest absolute Gasteiger partial charge is 0.141 e. The van der Waals surface area contributed by atoms with Gasteiger partial charge in [0.25, 0.3) is 0 Å². The summed E-state index contributed by atoms with van der Waals surface area (Å²) in [5.41, 5.74) is 7.14. The van der Waals surface area contributed by atoms with Crippen molar-refractivity contribution in [2.45, 2.75) is 10.6 Å². The van der Waals surface area contributed by atoms with Gasteiger partial charge in [-0.1, -0.05) is 23.7 Å². The summed E-state index contributed by atoms with van der Waals surface area (Å²) in [4.78, 5) is 0.504. The van der Waals surface area contributed by atoms with Gasteiger partial charge in [0.1, 0.15) is 5.82 Å². The number of halogens is 2. The van der Waals surface area contributed by atoms with E-state index in [1.807, 2.05) is 6.07 Å². The second-order valence-electron chi connectivity index (χ2n) is 3.81. The van der Waals surface area contributed by atoms with Crippen LogP contribution in [-0.4, -0.2) is 4.21 Å². The highest BCUT2D eigenvalue weighted by molar-refractivity contribution is 7.84. The lowest BCUT2D eigenvalue weighted by Crippen LogP contribution is -1.98. The zero-order valence-corrected chi connectivity index (χ0v) is 11.0. The summed E-state index contributed by atoms with van der Waals surface area (Å²) in [7, 11) is -1.27. The van der Waals surface area contributed by atoms with Crippen molar-refractivity contribution < 1.29 is 8.60 Å². The number of hydrogen-bond acceptors (Lipinski definition) is 2. The molecule has 0 saturated carbocycles. The summed E-state index contributed by atoms with van der Waals surface area (Å²) in [6.07, 6.45) is 0. The van der Waals surface area contributed by atoms with E-state index < -0.39 is 16.6 Å². The van der Waals surface area contributed by atoms with Gasteiger partial charge in [0, 0.05) is 10.6 Å². The summed E-state index contributed by atoms with van der Waals surface area (Å²) in [6.45, 7) is 0. The number of rotatable bonds is 3. The first-order valence-corrected chi connectivity index (χ1v) is 6.94. The lowest BCUT2D eigenvalue weighted by Gasteiger charge is -2.04. The van der Waals surface area contributed by atoms with Crippen LogP contribution in [0.4, 0.5) is 10.1 Å². The Balaban J connectivity index is 2.19. The predicted octanol–water partition coefficient (Wildman–Crippen LogP) is 3.37. The molecule has 0 amide bonds. The molecule has 2 aromatic rings. The summed E-state index contributed by atoms with van der Waals surface area (Å²) < 4.78 is 25.1. The van der Waals surface area contributed by atoms with E-state index in [2.05, 4.69) is 0 Å². The number of nitrogens with two attached hydrogens (primary N) is 1. The SMILES string of the molecule is Nc1cccc(CS(=O)c2ccc(F)c(Cl)c2)c1. The highest BCUT2D eigenvalue weighted by Gasteiger charge is 2.08. The third kappa shape index (κ3) is 3.09. The van der Waals surface area contributed by atoms with Crippen molar-refractivity contribution in [3.63, 3.8) is 0 Å². The largest absolute Gasteiger partial charge is 0.399 e. The van der Waals surface area contributed by atoms with E-state index in [9.17, 15) is 8.60 Å². The van der Waals surface area contributed by atoms with E-state index in [1.165, 1.54) is 18.2 Å². The molecule has 1 unspecified atom stereocenters. The van der Waals surface area contributed by atoms with Crippen molar-refractivity contribution in [1.29, 1.82) is 0 Å². The fourth-order valence-corrected chi connectivity index (χ4v) is 2.90. The van der Waals surface area contributed by atoms with Crippen LogP contribution < -0.4 is 5.73 Å². The first-order valence-electron chi connectivity index (χ1n) is 5.24. The highest BCUT2D eigenvalue weighted by atomic mass is 35.5. The minimum Gasteiger partial charge on any atom is -0.399 e. The summed E-state index contributed by atoms with van der Waals surface area (Å²) in [6, 6.07) is 11.3. The van der Waals surface area contributed by atoms with E-state index in [-0.39, 0.29) is 5.02 Å². The van der Waals surface area contributed by atoms with Crippen LogP contribution in [0.25, 0.3) is 0 Å². The lowest BCUT2D eigenvalue weighted by molar-refractivity contribution is 0.626. The molecule has 0 heterocycles. The standard InChI is InChI=1S/C13H11ClFNOS/c14-12-7-11(4-5-13(12)15)18(17)8-9-2-1-3-10(16)6-9/h1-7H,8,16H2. The van der Waals surface area contributed by atoms with Crippen LogP contribution in [0.5, 0.6) is 0 Å². The van der Waals surface area contributed by atoms with E-state index in [4.69, 9.17) is 17.3 Å². The van der Waals surface area contributed by atoms with Gasteiger partial charge in [-0.05, 0) is 35.9 Å². The summed E-state index contributed by atoms with van der Waals surface area (Å²) >= 11 is 5.66. The van der Waals surface area contributed by atoms with Crippen LogP contribution >= 0.6 is 11.6 Å². The van der Waals surface area contributed by atoms with Crippen molar-refractivity contribution in [2.75, 3.05) is 5.73 Å². The fraction of sp³-hybridized carbons (Fsp3) is 0.0769. The molecule has 0 aliphatic rings. The van der Waals surface area contributed by atoms with Gasteiger partial charge in [-0.25, -0.2) is 4.39 Å². The van der Waals surface area contributed by atoms with Crippen LogP contribution in [0.15, 0.2) is 47.4 Å². The average molecular weight is 284 g/mol. The Bertz CT molecular complexity index is 603. The second kappa shape index (κ2) is 5.50. The minimum absolute atomic E-state index is 0.0200. The van der Waals surface area contributed by atoms with Crippen LogP contribution in [-0.2, 0) is 16.6 Å². The van der Waals surface area contributed by atoms with Crippen molar-refractivity contribution in [3.8, 4) is 0 Å². The molecule has 1 atom stereocenters. The molecule has 0 radical (unpaired) electrons. The normalized spacial score (nSPS) is 12.3. The lowest BCUT2D eigenvalue weighted by atomic mass is 10.2. The van der Waals surface area contributed by atoms with Crippen molar-refractivity contribution in [2.24, 2.45) is 0 Å². The predicted molar refractivity (Wildman–Crippen MR) is 72.4 cm³/mol. The van der Waals surface area contributed by atoms with E-state index in [0.717, 1.165) is 5.56 Å². The van der Waals surface area contributed by atoms with Gasteiger partial charge >= 0.3 is 0 Å². The van der Waals surface area contributed by atoms with E-state index >= 15 is 0 Å². The highest BCUT2D eigenvalue weighted by Crippen LogP contribution is 2.20. The molecule has 0 spiro atoms. The van der Waals surface area contributed by atoms with Gasteiger partial charge in [-0.2, -0.15) is 0 Å². The molecular weight excluding hydrogens is 273 g/mol. The molecule has 0 fully saturated rings. The first-order chi connectivity index (χ1) is 8.56. The topological polar surface area (TPSA) is 43.1 Å². The Hall–Kier alpha value is -1.39. The van der Waals surface area contributed by atoms with Crippen LogP contribution in [0.2, 0.25) is 5.02 Å².